The minimum absolute atomic E-state index is 0. The largest absolute Gasteiger partial charge is 0.465 e. The smallest absolute Gasteiger partial charge is 0.305 e. The standard InChI is InChI=1S/C37H65NO12S.C5H13N.2CH4/c1-5-8-10-12-13-15-19-34(42)49-28-31(27-48-33(41)18-14-11-9-6-2)29-50-36(44)21-17-23-38(37(45)51-4)22-16-20-35(43)47-26-30(24-39)25-46-32(40)7-3;1-4-5-6(2)3;;/h30-31,39H,5-29H2,1-4H3;4-5H2,1-3H3;2*1H4. The van der Waals surface area contributed by atoms with Gasteiger partial charge in [-0.15, -0.1) is 0 Å². The average molecular weight is 867 g/mol. The first kappa shape index (κ1) is 62.7. The fraction of sp³-hybridized carbons (Fsp3) is 0.864. The van der Waals surface area contributed by atoms with Crippen molar-refractivity contribution in [2.24, 2.45) is 11.8 Å². The van der Waals surface area contributed by atoms with Crippen LogP contribution < -0.4 is 0 Å². The van der Waals surface area contributed by atoms with E-state index in [1.165, 1.54) is 19.4 Å². The number of rotatable bonds is 34. The van der Waals surface area contributed by atoms with E-state index in [9.17, 15) is 33.9 Å². The van der Waals surface area contributed by atoms with Gasteiger partial charge in [0.05, 0.1) is 31.7 Å². The van der Waals surface area contributed by atoms with E-state index in [1.54, 1.807) is 18.1 Å². The van der Waals surface area contributed by atoms with Gasteiger partial charge in [-0.2, -0.15) is 0 Å². The fourth-order valence-electron chi connectivity index (χ4n) is 5.19. The fourth-order valence-corrected chi connectivity index (χ4v) is 5.63. The number of ether oxygens (including phenoxy) is 5. The van der Waals surface area contributed by atoms with E-state index in [4.69, 9.17) is 23.7 Å². The maximum absolute atomic E-state index is 12.6. The van der Waals surface area contributed by atoms with Crippen molar-refractivity contribution in [2.75, 3.05) is 79.6 Å². The van der Waals surface area contributed by atoms with Gasteiger partial charge in [0.15, 0.2) is 0 Å². The summed E-state index contributed by atoms with van der Waals surface area (Å²) in [5.74, 6) is -3.09. The second-order valence-corrected chi connectivity index (χ2v) is 15.2. The van der Waals surface area contributed by atoms with E-state index in [0.29, 0.717) is 25.7 Å². The molecule has 0 bridgehead atoms. The third-order valence-electron chi connectivity index (χ3n) is 8.64. The monoisotopic (exact) mass is 867 g/mol. The molecule has 1 amide bonds. The Hall–Kier alpha value is -2.91. The minimum atomic E-state index is -0.519. The molecule has 15 heteroatoms. The molecule has 350 valence electrons. The molecule has 0 aromatic rings. The van der Waals surface area contributed by atoms with E-state index in [1.807, 2.05) is 0 Å². The SMILES string of the molecule is C.C.CCCCCCCCC(=O)OCC(COC(=O)CCCCCC)COC(=O)CCCN(CCCC(=O)OCC(CO)COC(=O)CC)C(=O)SC.CCCN(C)C. The number of esters is 5. The summed E-state index contributed by atoms with van der Waals surface area (Å²) in [5.41, 5.74) is 0. The lowest BCUT2D eigenvalue weighted by Crippen LogP contribution is -2.31. The summed E-state index contributed by atoms with van der Waals surface area (Å²) in [7, 11) is 4.17. The molecule has 0 rings (SSSR count). The molecule has 0 aliphatic rings. The highest BCUT2D eigenvalue weighted by atomic mass is 32.2. The van der Waals surface area contributed by atoms with Crippen LogP contribution >= 0.6 is 11.8 Å². The summed E-state index contributed by atoms with van der Waals surface area (Å²) in [6.07, 6.45) is 14.6. The first-order valence-electron chi connectivity index (χ1n) is 21.2. The molecule has 0 spiro atoms. The van der Waals surface area contributed by atoms with E-state index in [-0.39, 0.29) is 104 Å². The van der Waals surface area contributed by atoms with Crippen LogP contribution in [0.3, 0.4) is 0 Å². The van der Waals surface area contributed by atoms with Crippen LogP contribution in [0.4, 0.5) is 4.79 Å². The lowest BCUT2D eigenvalue weighted by molar-refractivity contribution is -0.154. The molecule has 1 N–H and O–H groups in total. The zero-order valence-electron chi connectivity index (χ0n) is 36.5. The lowest BCUT2D eigenvalue weighted by atomic mass is 10.1. The van der Waals surface area contributed by atoms with Crippen LogP contribution in [0.5, 0.6) is 0 Å². The predicted octanol–water partition coefficient (Wildman–Crippen LogP) is 8.63. The van der Waals surface area contributed by atoms with Gasteiger partial charge < -0.3 is 38.6 Å². The molecule has 0 aromatic heterocycles. The van der Waals surface area contributed by atoms with E-state index in [0.717, 1.165) is 69.5 Å². The molecular weight excluding hydrogens is 781 g/mol. The molecule has 14 nitrogen and oxygen atoms in total. The van der Waals surface area contributed by atoms with Crippen molar-refractivity contribution < 1.29 is 57.6 Å². The van der Waals surface area contributed by atoms with E-state index >= 15 is 0 Å². The zero-order chi connectivity index (χ0) is 43.1. The van der Waals surface area contributed by atoms with Crippen LogP contribution in [-0.2, 0) is 47.7 Å². The number of hydrogen-bond donors (Lipinski definition) is 1. The van der Waals surface area contributed by atoms with Crippen molar-refractivity contribution in [3.63, 3.8) is 0 Å². The van der Waals surface area contributed by atoms with Gasteiger partial charge in [-0.3, -0.25) is 28.8 Å². The summed E-state index contributed by atoms with van der Waals surface area (Å²) in [5, 5.41) is 9.23. The maximum atomic E-state index is 12.6. The Kier molecular flexibility index (Phi) is 47.5. The number of hydrogen-bond acceptors (Lipinski definition) is 14. The van der Waals surface area contributed by atoms with Gasteiger partial charge >= 0.3 is 29.8 Å². The molecule has 0 saturated carbocycles. The van der Waals surface area contributed by atoms with E-state index in [2.05, 4.69) is 39.8 Å². The molecule has 0 aliphatic heterocycles. The van der Waals surface area contributed by atoms with Gasteiger partial charge in [0.2, 0.25) is 0 Å². The highest BCUT2D eigenvalue weighted by Gasteiger charge is 2.20. The highest BCUT2D eigenvalue weighted by Crippen LogP contribution is 2.12. The summed E-state index contributed by atoms with van der Waals surface area (Å²) in [6, 6.07) is 0. The molecule has 0 fully saturated rings. The third kappa shape index (κ3) is 41.6. The van der Waals surface area contributed by atoms with Crippen LogP contribution in [0, 0.1) is 11.8 Å². The van der Waals surface area contributed by atoms with Gasteiger partial charge in [-0.1, -0.05) is 106 Å². The minimum Gasteiger partial charge on any atom is -0.465 e. The van der Waals surface area contributed by atoms with Crippen LogP contribution in [0.1, 0.15) is 158 Å². The summed E-state index contributed by atoms with van der Waals surface area (Å²) in [4.78, 5) is 76.9. The van der Waals surface area contributed by atoms with E-state index < -0.39 is 29.7 Å². The number of nitrogens with zero attached hydrogens (tertiary/aromatic N) is 2. The number of thioether (sulfide) groups is 1. The first-order valence-corrected chi connectivity index (χ1v) is 22.5. The molecule has 59 heavy (non-hydrogen) atoms. The Balaban J connectivity index is -0.00000174. The van der Waals surface area contributed by atoms with Gasteiger partial charge in [0.1, 0.15) is 19.8 Å². The van der Waals surface area contributed by atoms with Crippen molar-refractivity contribution in [3.05, 3.63) is 0 Å². The predicted molar refractivity (Wildman–Crippen MR) is 237 cm³/mol. The number of unbranched alkanes of at least 4 members (excludes halogenated alkanes) is 8. The van der Waals surface area contributed by atoms with Crippen molar-refractivity contribution in [2.45, 2.75) is 158 Å². The van der Waals surface area contributed by atoms with Crippen molar-refractivity contribution in [1.29, 1.82) is 0 Å². The molecule has 0 saturated heterocycles. The molecule has 2 unspecified atom stereocenters. The summed E-state index contributed by atoms with van der Waals surface area (Å²) in [6.45, 7) is 9.25. The Morgan fingerprint density at radius 1 is 0.492 bits per heavy atom. The first-order chi connectivity index (χ1) is 27.4. The van der Waals surface area contributed by atoms with Gasteiger partial charge in [0, 0.05) is 45.2 Å². The summed E-state index contributed by atoms with van der Waals surface area (Å²) < 4.78 is 26.5. The average Bonchev–Trinajstić information content (AvgIpc) is 3.19. The van der Waals surface area contributed by atoms with Crippen molar-refractivity contribution in [3.8, 4) is 0 Å². The quantitative estimate of drug-likeness (QED) is 0.0370. The van der Waals surface area contributed by atoms with Crippen molar-refractivity contribution >= 4 is 46.8 Å². The third-order valence-corrected chi connectivity index (χ3v) is 9.24. The molecular formula is C44H86N2O12S. The molecule has 0 radical (unpaired) electrons. The normalized spacial score (nSPS) is 11.4. The Bertz CT molecular complexity index is 1060. The van der Waals surface area contributed by atoms with Crippen molar-refractivity contribution in [1.82, 2.24) is 9.80 Å². The molecule has 2 atom stereocenters. The molecule has 0 heterocycles. The van der Waals surface area contributed by atoms with Crippen LogP contribution in [0.15, 0.2) is 0 Å². The van der Waals surface area contributed by atoms with Gasteiger partial charge in [0.25, 0.3) is 5.24 Å². The van der Waals surface area contributed by atoms with Gasteiger partial charge in [-0.05, 0) is 59.0 Å². The number of carbonyl (C=O) groups is 6. The lowest BCUT2D eigenvalue weighted by Gasteiger charge is -2.21. The Morgan fingerprint density at radius 3 is 1.19 bits per heavy atom. The zero-order valence-corrected chi connectivity index (χ0v) is 37.3. The Morgan fingerprint density at radius 2 is 0.847 bits per heavy atom. The second-order valence-electron chi connectivity index (χ2n) is 14.5. The van der Waals surface area contributed by atoms with Crippen LogP contribution in [-0.4, -0.2) is 130 Å². The van der Waals surface area contributed by atoms with Gasteiger partial charge in [-0.25, -0.2) is 0 Å². The second kappa shape index (κ2) is 44.6. The Labute approximate surface area is 362 Å². The molecule has 0 aromatic carbocycles. The number of aliphatic hydroxyl groups excluding tert-OH is 1. The van der Waals surface area contributed by atoms with Crippen LogP contribution in [0.25, 0.3) is 0 Å². The highest BCUT2D eigenvalue weighted by molar-refractivity contribution is 8.12. The maximum Gasteiger partial charge on any atom is 0.305 e. The molecule has 0 aliphatic carbocycles. The number of amides is 1. The topological polar surface area (TPSA) is 175 Å². The number of carbonyl (C=O) groups excluding carboxylic acids is 6. The number of aliphatic hydroxyl groups is 1. The van der Waals surface area contributed by atoms with Crippen LogP contribution in [0.2, 0.25) is 0 Å². The summed E-state index contributed by atoms with van der Waals surface area (Å²) >= 11 is 1.03.